The van der Waals surface area contributed by atoms with Gasteiger partial charge in [0.15, 0.2) is 17.6 Å². The van der Waals surface area contributed by atoms with E-state index in [1.54, 1.807) is 6.92 Å². The molecule has 1 aliphatic rings. The SMILES string of the molecule is Cc1cccc(OC(C)C(=O)NC(C)c2ccc3c(c2)OCCO3)c1C. The van der Waals surface area contributed by atoms with Gasteiger partial charge in [0, 0.05) is 0 Å². The molecule has 0 radical (unpaired) electrons. The molecule has 0 bridgehead atoms. The Labute approximate surface area is 154 Å². The predicted octanol–water partition coefficient (Wildman–Crippen LogP) is 3.72. The summed E-state index contributed by atoms with van der Waals surface area (Å²) in [6.45, 7) is 8.81. The van der Waals surface area contributed by atoms with Gasteiger partial charge in [0.2, 0.25) is 0 Å². The average molecular weight is 355 g/mol. The van der Waals surface area contributed by atoms with Gasteiger partial charge >= 0.3 is 0 Å². The van der Waals surface area contributed by atoms with E-state index in [0.717, 1.165) is 33.9 Å². The summed E-state index contributed by atoms with van der Waals surface area (Å²) in [5.41, 5.74) is 3.15. The van der Waals surface area contributed by atoms with E-state index in [0.29, 0.717) is 13.2 Å². The molecule has 5 heteroatoms. The van der Waals surface area contributed by atoms with Crippen LogP contribution < -0.4 is 19.5 Å². The van der Waals surface area contributed by atoms with Crippen LogP contribution in [-0.4, -0.2) is 25.2 Å². The summed E-state index contributed by atoms with van der Waals surface area (Å²) in [6.07, 6.45) is -0.588. The molecular formula is C21H25NO4. The van der Waals surface area contributed by atoms with Crippen LogP contribution in [0.5, 0.6) is 17.2 Å². The van der Waals surface area contributed by atoms with Crippen molar-refractivity contribution in [2.45, 2.75) is 39.8 Å². The molecule has 26 heavy (non-hydrogen) atoms. The molecule has 1 N–H and O–H groups in total. The second kappa shape index (κ2) is 7.68. The number of carbonyl (C=O) groups excluding carboxylic acids is 1. The smallest absolute Gasteiger partial charge is 0.261 e. The van der Waals surface area contributed by atoms with Crippen LogP contribution in [0.25, 0.3) is 0 Å². The third-order valence-electron chi connectivity index (χ3n) is 4.65. The lowest BCUT2D eigenvalue weighted by Crippen LogP contribution is -2.37. The molecule has 0 saturated heterocycles. The normalized spacial score (nSPS) is 15.1. The van der Waals surface area contributed by atoms with Crippen molar-refractivity contribution in [3.8, 4) is 17.2 Å². The zero-order chi connectivity index (χ0) is 18.7. The van der Waals surface area contributed by atoms with Crippen molar-refractivity contribution in [2.75, 3.05) is 13.2 Å². The first kappa shape index (κ1) is 18.1. The average Bonchev–Trinajstić information content (AvgIpc) is 2.64. The van der Waals surface area contributed by atoms with Crippen LogP contribution in [0, 0.1) is 13.8 Å². The molecular weight excluding hydrogens is 330 g/mol. The van der Waals surface area contributed by atoms with Gasteiger partial charge in [-0.25, -0.2) is 0 Å². The minimum absolute atomic E-state index is 0.159. The summed E-state index contributed by atoms with van der Waals surface area (Å²) in [5, 5.41) is 3.00. The van der Waals surface area contributed by atoms with E-state index in [4.69, 9.17) is 14.2 Å². The predicted molar refractivity (Wildman–Crippen MR) is 100.0 cm³/mol. The molecule has 0 aliphatic carbocycles. The van der Waals surface area contributed by atoms with Crippen molar-refractivity contribution in [1.82, 2.24) is 5.32 Å². The highest BCUT2D eigenvalue weighted by atomic mass is 16.6. The zero-order valence-electron chi connectivity index (χ0n) is 15.7. The van der Waals surface area contributed by atoms with E-state index in [1.165, 1.54) is 0 Å². The molecule has 2 atom stereocenters. The first-order chi connectivity index (χ1) is 12.5. The van der Waals surface area contributed by atoms with E-state index < -0.39 is 6.10 Å². The quantitative estimate of drug-likeness (QED) is 0.888. The first-order valence-electron chi connectivity index (χ1n) is 8.88. The van der Waals surface area contributed by atoms with Crippen LogP contribution in [0.1, 0.15) is 36.6 Å². The summed E-state index contributed by atoms with van der Waals surface area (Å²) >= 11 is 0. The van der Waals surface area contributed by atoms with E-state index in [9.17, 15) is 4.79 Å². The van der Waals surface area contributed by atoms with E-state index in [1.807, 2.05) is 57.2 Å². The van der Waals surface area contributed by atoms with Gasteiger partial charge in [0.25, 0.3) is 5.91 Å². The first-order valence-corrected chi connectivity index (χ1v) is 8.88. The summed E-state index contributed by atoms with van der Waals surface area (Å²) in [6, 6.07) is 11.4. The van der Waals surface area contributed by atoms with E-state index in [2.05, 4.69) is 5.32 Å². The number of ether oxygens (including phenoxy) is 3. The van der Waals surface area contributed by atoms with Gasteiger partial charge in [0.05, 0.1) is 6.04 Å². The maximum atomic E-state index is 12.5. The highest BCUT2D eigenvalue weighted by molar-refractivity contribution is 5.81. The molecule has 2 unspecified atom stereocenters. The van der Waals surface area contributed by atoms with Crippen LogP contribution in [0.2, 0.25) is 0 Å². The van der Waals surface area contributed by atoms with Crippen molar-refractivity contribution < 1.29 is 19.0 Å². The van der Waals surface area contributed by atoms with Crippen molar-refractivity contribution in [3.05, 3.63) is 53.1 Å². The van der Waals surface area contributed by atoms with Gasteiger partial charge in [-0.2, -0.15) is 0 Å². The van der Waals surface area contributed by atoms with E-state index in [-0.39, 0.29) is 11.9 Å². The molecule has 0 aromatic heterocycles. The monoisotopic (exact) mass is 355 g/mol. The fourth-order valence-corrected chi connectivity index (χ4v) is 2.84. The Hall–Kier alpha value is -2.69. The van der Waals surface area contributed by atoms with Crippen LogP contribution in [-0.2, 0) is 4.79 Å². The van der Waals surface area contributed by atoms with E-state index >= 15 is 0 Å². The summed E-state index contributed by atoms with van der Waals surface area (Å²) < 4.78 is 17.0. The Morgan fingerprint density at radius 1 is 1.08 bits per heavy atom. The van der Waals surface area contributed by atoms with Gasteiger partial charge in [-0.05, 0) is 62.6 Å². The Morgan fingerprint density at radius 2 is 1.81 bits per heavy atom. The summed E-state index contributed by atoms with van der Waals surface area (Å²) in [4.78, 5) is 12.5. The van der Waals surface area contributed by atoms with Crippen LogP contribution in [0.4, 0.5) is 0 Å². The number of hydrogen-bond donors (Lipinski definition) is 1. The third-order valence-corrected chi connectivity index (χ3v) is 4.65. The van der Waals surface area contributed by atoms with Gasteiger partial charge in [-0.1, -0.05) is 18.2 Å². The number of amides is 1. The molecule has 1 amide bonds. The number of aryl methyl sites for hydroxylation is 1. The lowest BCUT2D eigenvalue weighted by atomic mass is 10.1. The number of nitrogens with one attached hydrogen (secondary N) is 1. The number of carbonyl (C=O) groups is 1. The molecule has 0 spiro atoms. The minimum Gasteiger partial charge on any atom is -0.486 e. The lowest BCUT2D eigenvalue weighted by molar-refractivity contribution is -0.127. The Bertz CT molecular complexity index is 803. The van der Waals surface area contributed by atoms with Crippen molar-refractivity contribution in [3.63, 3.8) is 0 Å². The van der Waals surface area contributed by atoms with Crippen LogP contribution in [0.3, 0.4) is 0 Å². The molecule has 1 aliphatic heterocycles. The second-order valence-corrected chi connectivity index (χ2v) is 6.59. The number of fused-ring (bicyclic) bond motifs is 1. The van der Waals surface area contributed by atoms with Gasteiger partial charge in [-0.3, -0.25) is 4.79 Å². The highest BCUT2D eigenvalue weighted by Crippen LogP contribution is 2.32. The maximum absolute atomic E-state index is 12.5. The minimum atomic E-state index is -0.588. The Morgan fingerprint density at radius 3 is 2.58 bits per heavy atom. The molecule has 5 nitrogen and oxygen atoms in total. The van der Waals surface area contributed by atoms with Crippen molar-refractivity contribution >= 4 is 5.91 Å². The molecule has 138 valence electrons. The lowest BCUT2D eigenvalue weighted by Gasteiger charge is -2.22. The van der Waals surface area contributed by atoms with Crippen molar-refractivity contribution in [2.24, 2.45) is 0 Å². The molecule has 2 aromatic rings. The molecule has 0 saturated carbocycles. The second-order valence-electron chi connectivity index (χ2n) is 6.59. The van der Waals surface area contributed by atoms with Crippen LogP contribution in [0.15, 0.2) is 36.4 Å². The molecule has 1 heterocycles. The van der Waals surface area contributed by atoms with Crippen LogP contribution >= 0.6 is 0 Å². The topological polar surface area (TPSA) is 56.8 Å². The fourth-order valence-electron chi connectivity index (χ4n) is 2.84. The summed E-state index contributed by atoms with van der Waals surface area (Å²) in [5.74, 6) is 2.03. The van der Waals surface area contributed by atoms with Gasteiger partial charge in [-0.15, -0.1) is 0 Å². The fraction of sp³-hybridized carbons (Fsp3) is 0.381. The highest BCUT2D eigenvalue weighted by Gasteiger charge is 2.20. The third kappa shape index (κ3) is 3.93. The van der Waals surface area contributed by atoms with Gasteiger partial charge < -0.3 is 19.5 Å². The Balaban J connectivity index is 1.64. The summed E-state index contributed by atoms with van der Waals surface area (Å²) in [7, 11) is 0. The van der Waals surface area contributed by atoms with Crippen molar-refractivity contribution in [1.29, 1.82) is 0 Å². The molecule has 3 rings (SSSR count). The number of hydrogen-bond acceptors (Lipinski definition) is 4. The number of rotatable bonds is 5. The molecule has 2 aromatic carbocycles. The largest absolute Gasteiger partial charge is 0.486 e. The molecule has 0 fully saturated rings. The zero-order valence-corrected chi connectivity index (χ0v) is 15.7. The maximum Gasteiger partial charge on any atom is 0.261 e. The standard InChI is InChI=1S/C21H25NO4/c1-13-6-5-7-18(14(13)2)26-16(4)21(23)22-15(3)17-8-9-19-20(12-17)25-11-10-24-19/h5-9,12,15-16H,10-11H2,1-4H3,(H,22,23). The van der Waals surface area contributed by atoms with Gasteiger partial charge in [0.1, 0.15) is 19.0 Å². The number of benzene rings is 2. The Kier molecular flexibility index (Phi) is 5.35.